The van der Waals surface area contributed by atoms with Gasteiger partial charge in [-0.1, -0.05) is 0 Å². The molecule has 1 N–H and O–H groups in total. The third-order valence-corrected chi connectivity index (χ3v) is 3.28. The Labute approximate surface area is 125 Å². The maximum Gasteiger partial charge on any atom is 0.408 e. The number of rotatable bonds is 5. The van der Waals surface area contributed by atoms with Gasteiger partial charge >= 0.3 is 6.18 Å². The molecule has 0 radical (unpaired) electrons. The Morgan fingerprint density at radius 1 is 1.23 bits per heavy atom. The monoisotopic (exact) mass is 318 g/mol. The number of halogens is 3. The fourth-order valence-electron chi connectivity index (χ4n) is 2.27. The van der Waals surface area contributed by atoms with E-state index < -0.39 is 18.6 Å². The van der Waals surface area contributed by atoms with Gasteiger partial charge in [-0.2, -0.15) is 18.3 Å². The minimum atomic E-state index is -4.37. The second-order valence-electron chi connectivity index (χ2n) is 5.18. The molecule has 2 heterocycles. The molecular formula is C13H17F3N4O2. The summed E-state index contributed by atoms with van der Waals surface area (Å²) in [4.78, 5) is 25.2. The van der Waals surface area contributed by atoms with E-state index in [-0.39, 0.29) is 24.4 Å². The Morgan fingerprint density at radius 2 is 1.91 bits per heavy atom. The molecule has 2 amide bonds. The van der Waals surface area contributed by atoms with Crippen LogP contribution in [0.3, 0.4) is 0 Å². The summed E-state index contributed by atoms with van der Waals surface area (Å²) in [7, 11) is 0. The van der Waals surface area contributed by atoms with Crippen molar-refractivity contribution in [3.05, 3.63) is 12.4 Å². The Bertz CT molecular complexity index is 536. The summed E-state index contributed by atoms with van der Waals surface area (Å²) in [6.45, 7) is 0.242. The number of amides is 2. The van der Waals surface area contributed by atoms with Gasteiger partial charge in [-0.05, 0) is 12.8 Å². The van der Waals surface area contributed by atoms with Crippen LogP contribution in [0.5, 0.6) is 0 Å². The number of carbonyl (C=O) groups excluding carboxylic acids is 2. The highest BCUT2D eigenvalue weighted by Gasteiger charge is 2.28. The highest BCUT2D eigenvalue weighted by Crippen LogP contribution is 2.18. The first-order valence-corrected chi connectivity index (χ1v) is 7.00. The average Bonchev–Trinajstić information content (AvgIpc) is 3.06. The summed E-state index contributed by atoms with van der Waals surface area (Å²) >= 11 is 0. The van der Waals surface area contributed by atoms with Gasteiger partial charge in [-0.25, -0.2) is 0 Å². The molecule has 2 rings (SSSR count). The van der Waals surface area contributed by atoms with E-state index in [1.807, 2.05) is 0 Å². The largest absolute Gasteiger partial charge is 0.408 e. The second-order valence-corrected chi connectivity index (χ2v) is 5.18. The maximum atomic E-state index is 12.2. The molecule has 0 saturated carbocycles. The number of carbonyl (C=O) groups is 2. The van der Waals surface area contributed by atoms with Crippen molar-refractivity contribution in [3.63, 3.8) is 0 Å². The van der Waals surface area contributed by atoms with Crippen molar-refractivity contribution in [2.45, 2.75) is 38.4 Å². The van der Waals surface area contributed by atoms with Crippen molar-refractivity contribution in [1.82, 2.24) is 14.7 Å². The maximum absolute atomic E-state index is 12.2. The van der Waals surface area contributed by atoms with Gasteiger partial charge < -0.3 is 10.2 Å². The predicted molar refractivity (Wildman–Crippen MR) is 72.0 cm³/mol. The number of hydrogen-bond donors (Lipinski definition) is 1. The molecule has 0 aliphatic carbocycles. The Balaban J connectivity index is 1.76. The van der Waals surface area contributed by atoms with E-state index in [9.17, 15) is 22.8 Å². The molecular weight excluding hydrogens is 301 g/mol. The zero-order chi connectivity index (χ0) is 16.2. The van der Waals surface area contributed by atoms with Crippen molar-refractivity contribution in [1.29, 1.82) is 0 Å². The molecule has 1 aromatic heterocycles. The molecule has 122 valence electrons. The van der Waals surface area contributed by atoms with E-state index in [4.69, 9.17) is 0 Å². The quantitative estimate of drug-likeness (QED) is 0.900. The van der Waals surface area contributed by atoms with Crippen molar-refractivity contribution >= 4 is 17.5 Å². The number of hydrogen-bond acceptors (Lipinski definition) is 3. The van der Waals surface area contributed by atoms with Crippen LogP contribution in [0.15, 0.2) is 12.4 Å². The smallest absolute Gasteiger partial charge is 0.343 e. The third-order valence-electron chi connectivity index (χ3n) is 3.28. The Morgan fingerprint density at radius 3 is 2.55 bits per heavy atom. The predicted octanol–water partition coefficient (Wildman–Crippen LogP) is 1.79. The van der Waals surface area contributed by atoms with Gasteiger partial charge in [-0.15, -0.1) is 0 Å². The average molecular weight is 318 g/mol. The van der Waals surface area contributed by atoms with Gasteiger partial charge in [0.05, 0.1) is 11.9 Å². The summed E-state index contributed by atoms with van der Waals surface area (Å²) in [5.41, 5.74) is 0.183. The van der Waals surface area contributed by atoms with Crippen molar-refractivity contribution in [2.75, 3.05) is 18.4 Å². The summed E-state index contributed by atoms with van der Waals surface area (Å²) in [5, 5.41) is 5.95. The van der Waals surface area contributed by atoms with Crippen LogP contribution < -0.4 is 5.32 Å². The van der Waals surface area contributed by atoms with Crippen LogP contribution in [0, 0.1) is 0 Å². The molecule has 0 unspecified atom stereocenters. The first-order chi connectivity index (χ1) is 10.3. The second kappa shape index (κ2) is 6.80. The van der Waals surface area contributed by atoms with Gasteiger partial charge in [0.2, 0.25) is 11.8 Å². The number of aromatic nitrogens is 2. The fraction of sp³-hybridized carbons (Fsp3) is 0.615. The molecule has 0 aromatic carbocycles. The fourth-order valence-corrected chi connectivity index (χ4v) is 2.27. The third kappa shape index (κ3) is 5.05. The van der Waals surface area contributed by atoms with Crippen LogP contribution >= 0.6 is 0 Å². The van der Waals surface area contributed by atoms with E-state index in [1.54, 1.807) is 4.90 Å². The summed E-state index contributed by atoms with van der Waals surface area (Å²) in [6, 6.07) is 0. The lowest BCUT2D eigenvalue weighted by atomic mass is 10.2. The molecule has 1 aromatic rings. The van der Waals surface area contributed by atoms with E-state index >= 15 is 0 Å². The Hall–Kier alpha value is -2.06. The topological polar surface area (TPSA) is 67.2 Å². The van der Waals surface area contributed by atoms with Crippen LogP contribution in [0.1, 0.15) is 25.7 Å². The summed E-state index contributed by atoms with van der Waals surface area (Å²) in [5.74, 6) is -0.487. The minimum absolute atomic E-state index is 0.000214. The van der Waals surface area contributed by atoms with E-state index in [0.29, 0.717) is 4.68 Å². The lowest BCUT2D eigenvalue weighted by Gasteiger charge is -2.14. The van der Waals surface area contributed by atoms with Crippen molar-refractivity contribution in [2.24, 2.45) is 0 Å². The van der Waals surface area contributed by atoms with Crippen molar-refractivity contribution < 1.29 is 22.8 Å². The summed E-state index contributed by atoms with van der Waals surface area (Å²) < 4.78 is 37.2. The molecule has 9 heteroatoms. The normalized spacial score (nSPS) is 15.1. The molecule has 0 spiro atoms. The highest BCUT2D eigenvalue weighted by molar-refractivity contribution is 5.93. The molecule has 22 heavy (non-hydrogen) atoms. The lowest BCUT2D eigenvalue weighted by Crippen LogP contribution is -2.28. The molecule has 1 aliphatic heterocycles. The van der Waals surface area contributed by atoms with Crippen molar-refractivity contribution in [3.8, 4) is 0 Å². The van der Waals surface area contributed by atoms with Gasteiger partial charge in [0.15, 0.2) is 0 Å². The van der Waals surface area contributed by atoms with Gasteiger partial charge in [-0.3, -0.25) is 14.3 Å². The van der Waals surface area contributed by atoms with Gasteiger partial charge in [0.1, 0.15) is 6.54 Å². The molecule has 6 nitrogen and oxygen atoms in total. The SMILES string of the molecule is O=C(CCC(=O)N1CCCC1)Nc1cnn(CC(F)(F)F)c1. The first-order valence-electron chi connectivity index (χ1n) is 7.00. The summed E-state index contributed by atoms with van der Waals surface area (Å²) in [6.07, 6.45) is -0.0516. The van der Waals surface area contributed by atoms with E-state index in [1.165, 1.54) is 0 Å². The number of likely N-dealkylation sites (tertiary alicyclic amines) is 1. The Kier molecular flexibility index (Phi) is 5.04. The number of nitrogens with zero attached hydrogens (tertiary/aromatic N) is 3. The standard InChI is InChI=1S/C13H17F3N4O2/c14-13(15,16)9-20-8-10(7-17-20)18-11(21)3-4-12(22)19-5-1-2-6-19/h7-8H,1-6,9H2,(H,18,21). The first kappa shape index (κ1) is 16.3. The zero-order valence-electron chi connectivity index (χ0n) is 11.9. The van der Waals surface area contributed by atoms with E-state index in [0.717, 1.165) is 38.3 Å². The molecule has 1 aliphatic rings. The van der Waals surface area contributed by atoms with Gasteiger partial charge in [0.25, 0.3) is 0 Å². The number of anilines is 1. The molecule has 1 saturated heterocycles. The van der Waals surface area contributed by atoms with Crippen LogP contribution in [-0.4, -0.2) is 45.8 Å². The zero-order valence-corrected chi connectivity index (χ0v) is 11.9. The van der Waals surface area contributed by atoms with Crippen LogP contribution in [-0.2, 0) is 16.1 Å². The highest BCUT2D eigenvalue weighted by atomic mass is 19.4. The van der Waals surface area contributed by atoms with Crippen LogP contribution in [0.25, 0.3) is 0 Å². The lowest BCUT2D eigenvalue weighted by molar-refractivity contribution is -0.142. The van der Waals surface area contributed by atoms with Crippen LogP contribution in [0.2, 0.25) is 0 Å². The molecule has 1 fully saturated rings. The number of alkyl halides is 3. The molecule has 0 bridgehead atoms. The van der Waals surface area contributed by atoms with Gasteiger partial charge in [0, 0.05) is 32.1 Å². The molecule has 0 atom stereocenters. The number of nitrogens with one attached hydrogen (secondary N) is 1. The minimum Gasteiger partial charge on any atom is -0.343 e. The van der Waals surface area contributed by atoms with E-state index in [2.05, 4.69) is 10.4 Å². The van der Waals surface area contributed by atoms with Crippen LogP contribution in [0.4, 0.5) is 18.9 Å².